The lowest BCUT2D eigenvalue weighted by molar-refractivity contribution is 0.358. The number of para-hydroxylation sites is 1. The highest BCUT2D eigenvalue weighted by Crippen LogP contribution is 2.35. The second kappa shape index (κ2) is 9.62. The van der Waals surface area contributed by atoms with Crippen molar-refractivity contribution in [2.75, 3.05) is 11.9 Å². The van der Waals surface area contributed by atoms with Gasteiger partial charge in [-0.2, -0.15) is 0 Å². The Morgan fingerprint density at radius 2 is 1.52 bits per heavy atom. The van der Waals surface area contributed by atoms with Gasteiger partial charge in [-0.25, -0.2) is 0 Å². The monoisotopic (exact) mass is 487 g/mol. The van der Waals surface area contributed by atoms with Crippen molar-refractivity contribution >= 4 is 37.5 Å². The first-order valence-electron chi connectivity index (χ1n) is 8.44. The number of nitrogens with one attached hydrogen (secondary N) is 1. The van der Waals surface area contributed by atoms with E-state index < -0.39 is 0 Å². The lowest BCUT2D eigenvalue weighted by atomic mass is 10.2. The van der Waals surface area contributed by atoms with Crippen molar-refractivity contribution in [3.05, 3.63) is 93.9 Å². The van der Waals surface area contributed by atoms with Crippen LogP contribution in [0.15, 0.2) is 88.3 Å². The van der Waals surface area contributed by atoms with Crippen LogP contribution in [0.5, 0.6) is 17.2 Å². The summed E-state index contributed by atoms with van der Waals surface area (Å²) in [5.74, 6) is 2.41. The Bertz CT molecular complexity index is 873. The molecule has 0 fully saturated rings. The zero-order valence-corrected chi connectivity index (χ0v) is 17.8. The Balaban J connectivity index is 1.60. The zero-order valence-electron chi connectivity index (χ0n) is 14.6. The predicted octanol–water partition coefficient (Wildman–Crippen LogP) is 7.18. The first kappa shape index (κ1) is 19.5. The second-order valence-corrected chi connectivity index (χ2v) is 7.49. The quantitative estimate of drug-likeness (QED) is 0.340. The molecule has 5 heteroatoms. The fourth-order valence-corrected chi connectivity index (χ4v) is 3.97. The van der Waals surface area contributed by atoms with E-state index in [-0.39, 0.29) is 0 Å². The van der Waals surface area contributed by atoms with Crippen molar-refractivity contribution in [2.24, 2.45) is 0 Å². The average molecular weight is 489 g/mol. The van der Waals surface area contributed by atoms with E-state index in [0.717, 1.165) is 37.4 Å². The van der Waals surface area contributed by atoms with Gasteiger partial charge in [0.15, 0.2) is 0 Å². The molecule has 0 radical (unpaired) electrons. The van der Waals surface area contributed by atoms with Gasteiger partial charge in [-0.05, 0) is 86.0 Å². The molecule has 0 spiro atoms. The summed E-state index contributed by atoms with van der Waals surface area (Å²) in [6, 6.07) is 21.7. The molecule has 0 amide bonds. The van der Waals surface area contributed by atoms with Crippen LogP contribution in [0.2, 0.25) is 0 Å². The third-order valence-electron chi connectivity index (χ3n) is 3.73. The van der Waals surface area contributed by atoms with Crippen molar-refractivity contribution in [3.63, 3.8) is 0 Å². The van der Waals surface area contributed by atoms with Gasteiger partial charge in [0.25, 0.3) is 0 Å². The molecule has 0 aliphatic heterocycles. The van der Waals surface area contributed by atoms with Gasteiger partial charge in [0.05, 0.1) is 8.95 Å². The molecule has 1 N–H and O–H groups in total. The molecule has 0 unspecified atom stereocenters. The lowest BCUT2D eigenvalue weighted by Gasteiger charge is -2.12. The Morgan fingerprint density at radius 3 is 2.15 bits per heavy atom. The van der Waals surface area contributed by atoms with E-state index in [2.05, 4.69) is 43.8 Å². The molecule has 0 saturated heterocycles. The number of rotatable bonds is 8. The Morgan fingerprint density at radius 1 is 0.889 bits per heavy atom. The van der Waals surface area contributed by atoms with Gasteiger partial charge in [-0.1, -0.05) is 30.9 Å². The van der Waals surface area contributed by atoms with E-state index in [0.29, 0.717) is 13.2 Å². The number of benzene rings is 3. The molecule has 0 bridgehead atoms. The van der Waals surface area contributed by atoms with Crippen LogP contribution in [0.25, 0.3) is 0 Å². The molecular formula is C22H19Br2NO2. The molecule has 0 aliphatic rings. The van der Waals surface area contributed by atoms with Crippen LogP contribution in [-0.4, -0.2) is 6.61 Å². The number of hydrogen-bond acceptors (Lipinski definition) is 3. The largest absolute Gasteiger partial charge is 0.487 e. The minimum Gasteiger partial charge on any atom is -0.487 e. The maximum atomic E-state index is 5.81. The topological polar surface area (TPSA) is 30.5 Å². The van der Waals surface area contributed by atoms with Crippen molar-refractivity contribution in [2.45, 2.75) is 6.54 Å². The number of hydrogen-bond donors (Lipinski definition) is 1. The van der Waals surface area contributed by atoms with E-state index in [9.17, 15) is 0 Å². The van der Waals surface area contributed by atoms with Crippen molar-refractivity contribution in [1.29, 1.82) is 0 Å². The second-order valence-electron chi connectivity index (χ2n) is 5.78. The van der Waals surface area contributed by atoms with Crippen LogP contribution >= 0.6 is 31.9 Å². The molecule has 3 rings (SSSR count). The van der Waals surface area contributed by atoms with E-state index in [1.165, 1.54) is 0 Å². The summed E-state index contributed by atoms with van der Waals surface area (Å²) in [5, 5.41) is 3.41. The summed E-state index contributed by atoms with van der Waals surface area (Å²) < 4.78 is 13.3. The lowest BCUT2D eigenvalue weighted by Crippen LogP contribution is -2.01. The normalized spacial score (nSPS) is 10.3. The zero-order chi connectivity index (χ0) is 19.1. The Hall–Kier alpha value is -2.24. The average Bonchev–Trinajstić information content (AvgIpc) is 2.68. The first-order valence-corrected chi connectivity index (χ1v) is 10.0. The maximum Gasteiger partial charge on any atom is 0.148 e. The number of anilines is 1. The van der Waals surface area contributed by atoms with Crippen LogP contribution < -0.4 is 14.8 Å². The standard InChI is InChI=1S/C22H19Br2NO2/c1-2-12-26-22-20(23)13-16(14-21(22)24)15-25-17-8-10-19(11-9-17)27-18-6-4-3-5-7-18/h2-11,13-14,25H,1,12,15H2. The number of halogens is 2. The van der Waals surface area contributed by atoms with Gasteiger partial charge >= 0.3 is 0 Å². The van der Waals surface area contributed by atoms with E-state index in [1.54, 1.807) is 6.08 Å². The van der Waals surface area contributed by atoms with Gasteiger partial charge in [-0.3, -0.25) is 0 Å². The van der Waals surface area contributed by atoms with Crippen molar-refractivity contribution in [1.82, 2.24) is 0 Å². The van der Waals surface area contributed by atoms with Gasteiger partial charge in [0.2, 0.25) is 0 Å². The fourth-order valence-electron chi connectivity index (χ4n) is 2.46. The molecule has 0 saturated carbocycles. The fraction of sp³-hybridized carbons (Fsp3) is 0.0909. The first-order chi connectivity index (χ1) is 13.2. The molecule has 27 heavy (non-hydrogen) atoms. The Labute approximate surface area is 176 Å². The van der Waals surface area contributed by atoms with Crippen molar-refractivity contribution in [3.8, 4) is 17.2 Å². The van der Waals surface area contributed by atoms with Gasteiger partial charge in [-0.15, -0.1) is 0 Å². The summed E-state index contributed by atoms with van der Waals surface area (Å²) >= 11 is 7.12. The summed E-state index contributed by atoms with van der Waals surface area (Å²) in [4.78, 5) is 0. The smallest absolute Gasteiger partial charge is 0.148 e. The van der Waals surface area contributed by atoms with Gasteiger partial charge in [0, 0.05) is 12.2 Å². The van der Waals surface area contributed by atoms with Crippen LogP contribution in [0.3, 0.4) is 0 Å². The van der Waals surface area contributed by atoms with Gasteiger partial charge in [0.1, 0.15) is 23.9 Å². The minimum absolute atomic E-state index is 0.464. The molecule has 0 heterocycles. The molecule has 3 aromatic carbocycles. The van der Waals surface area contributed by atoms with Crippen LogP contribution in [-0.2, 0) is 6.54 Å². The molecule has 3 nitrogen and oxygen atoms in total. The molecule has 0 aliphatic carbocycles. The predicted molar refractivity (Wildman–Crippen MR) is 118 cm³/mol. The third kappa shape index (κ3) is 5.62. The summed E-state index contributed by atoms with van der Waals surface area (Å²) in [5.41, 5.74) is 2.15. The van der Waals surface area contributed by atoms with Crippen LogP contribution in [0.1, 0.15) is 5.56 Å². The molecule has 0 aromatic heterocycles. The highest BCUT2D eigenvalue weighted by Gasteiger charge is 2.09. The molecule has 3 aromatic rings. The van der Waals surface area contributed by atoms with E-state index in [1.807, 2.05) is 66.7 Å². The highest BCUT2D eigenvalue weighted by molar-refractivity contribution is 9.11. The van der Waals surface area contributed by atoms with Crippen molar-refractivity contribution < 1.29 is 9.47 Å². The van der Waals surface area contributed by atoms with E-state index in [4.69, 9.17) is 9.47 Å². The molecule has 138 valence electrons. The third-order valence-corrected chi connectivity index (χ3v) is 4.91. The minimum atomic E-state index is 0.464. The summed E-state index contributed by atoms with van der Waals surface area (Å²) in [6.07, 6.45) is 1.72. The summed E-state index contributed by atoms with van der Waals surface area (Å²) in [7, 11) is 0. The maximum absolute atomic E-state index is 5.81. The summed E-state index contributed by atoms with van der Waals surface area (Å²) in [6.45, 7) is 4.83. The van der Waals surface area contributed by atoms with E-state index >= 15 is 0 Å². The van der Waals surface area contributed by atoms with Crippen LogP contribution in [0, 0.1) is 0 Å². The Kier molecular flexibility index (Phi) is 6.96. The molecular weight excluding hydrogens is 470 g/mol. The SMILES string of the molecule is C=CCOc1c(Br)cc(CNc2ccc(Oc3ccccc3)cc2)cc1Br. The van der Waals surface area contributed by atoms with Crippen LogP contribution in [0.4, 0.5) is 5.69 Å². The molecule has 0 atom stereocenters. The highest BCUT2D eigenvalue weighted by atomic mass is 79.9. The number of ether oxygens (including phenoxy) is 2. The van der Waals surface area contributed by atoms with Gasteiger partial charge < -0.3 is 14.8 Å².